The number of halogens is 1. The molecular formula is C13H20ClN3O3S. The van der Waals surface area contributed by atoms with Crippen LogP contribution in [0, 0.1) is 0 Å². The summed E-state index contributed by atoms with van der Waals surface area (Å²) in [4.78, 5) is 12.2. The third-order valence-corrected chi connectivity index (χ3v) is 4.72. The predicted molar refractivity (Wildman–Crippen MR) is 84.2 cm³/mol. The second-order valence-electron chi connectivity index (χ2n) is 4.73. The van der Waals surface area contributed by atoms with Crippen LogP contribution in [0.2, 0.25) is 0 Å². The Morgan fingerprint density at radius 2 is 2.10 bits per heavy atom. The van der Waals surface area contributed by atoms with Gasteiger partial charge in [0.15, 0.2) is 0 Å². The van der Waals surface area contributed by atoms with Crippen LogP contribution in [0.15, 0.2) is 29.2 Å². The molecule has 1 heterocycles. The van der Waals surface area contributed by atoms with E-state index >= 15 is 0 Å². The molecule has 0 bridgehead atoms. The van der Waals surface area contributed by atoms with Gasteiger partial charge in [-0.05, 0) is 44.6 Å². The summed E-state index contributed by atoms with van der Waals surface area (Å²) >= 11 is 0. The molecule has 6 nitrogen and oxygen atoms in total. The van der Waals surface area contributed by atoms with Crippen molar-refractivity contribution in [3.8, 4) is 0 Å². The van der Waals surface area contributed by atoms with E-state index in [4.69, 9.17) is 0 Å². The van der Waals surface area contributed by atoms with Crippen molar-refractivity contribution in [2.75, 3.05) is 18.9 Å². The van der Waals surface area contributed by atoms with Crippen molar-refractivity contribution >= 4 is 34.0 Å². The third kappa shape index (κ3) is 4.67. The number of sulfonamides is 1. The summed E-state index contributed by atoms with van der Waals surface area (Å²) in [5.74, 6) is -0.122. The Bertz CT molecular complexity index is 586. The van der Waals surface area contributed by atoms with Gasteiger partial charge in [0.25, 0.3) is 0 Å². The largest absolute Gasteiger partial charge is 0.325 e. The Morgan fingerprint density at radius 1 is 1.33 bits per heavy atom. The van der Waals surface area contributed by atoms with Crippen LogP contribution in [-0.4, -0.2) is 34.0 Å². The molecule has 0 radical (unpaired) electrons. The van der Waals surface area contributed by atoms with Crippen molar-refractivity contribution in [2.24, 2.45) is 0 Å². The van der Waals surface area contributed by atoms with Crippen molar-refractivity contribution in [3.05, 3.63) is 24.3 Å². The van der Waals surface area contributed by atoms with Gasteiger partial charge in [-0.3, -0.25) is 4.79 Å². The first-order valence-electron chi connectivity index (χ1n) is 6.61. The molecule has 1 amide bonds. The summed E-state index contributed by atoms with van der Waals surface area (Å²) in [7, 11) is -2.14. The Hall–Kier alpha value is -1.15. The lowest BCUT2D eigenvalue weighted by Crippen LogP contribution is -2.43. The van der Waals surface area contributed by atoms with Crippen molar-refractivity contribution < 1.29 is 13.2 Å². The summed E-state index contributed by atoms with van der Waals surface area (Å²) < 4.78 is 25.7. The van der Waals surface area contributed by atoms with Gasteiger partial charge in [0.05, 0.1) is 10.9 Å². The van der Waals surface area contributed by atoms with Gasteiger partial charge in [0.2, 0.25) is 15.9 Å². The quantitative estimate of drug-likeness (QED) is 0.770. The van der Waals surface area contributed by atoms with E-state index < -0.39 is 10.0 Å². The Balaban J connectivity index is 0.00000220. The number of nitrogens with one attached hydrogen (secondary N) is 3. The van der Waals surface area contributed by atoms with Crippen molar-refractivity contribution in [1.82, 2.24) is 10.0 Å². The first-order valence-corrected chi connectivity index (χ1v) is 8.09. The molecule has 3 N–H and O–H groups in total. The summed E-state index contributed by atoms with van der Waals surface area (Å²) in [5, 5.41) is 5.91. The zero-order valence-corrected chi connectivity index (χ0v) is 13.4. The summed E-state index contributed by atoms with van der Waals surface area (Å²) in [6.45, 7) is 0.840. The average molecular weight is 334 g/mol. The van der Waals surface area contributed by atoms with Crippen LogP contribution in [-0.2, 0) is 14.8 Å². The molecule has 21 heavy (non-hydrogen) atoms. The molecule has 0 spiro atoms. The molecule has 0 aliphatic carbocycles. The van der Waals surface area contributed by atoms with E-state index in [9.17, 15) is 13.2 Å². The van der Waals surface area contributed by atoms with E-state index in [2.05, 4.69) is 15.4 Å². The van der Waals surface area contributed by atoms with Gasteiger partial charge in [-0.25, -0.2) is 13.1 Å². The van der Waals surface area contributed by atoms with E-state index in [1.54, 1.807) is 12.1 Å². The van der Waals surface area contributed by atoms with Crippen LogP contribution in [0.3, 0.4) is 0 Å². The summed E-state index contributed by atoms with van der Waals surface area (Å²) in [6.07, 6.45) is 2.92. The van der Waals surface area contributed by atoms with Crippen molar-refractivity contribution in [2.45, 2.75) is 30.2 Å². The second kappa shape index (κ2) is 7.74. The molecule has 1 aromatic rings. The molecule has 0 saturated carbocycles. The highest BCUT2D eigenvalue weighted by Crippen LogP contribution is 2.16. The molecule has 1 aromatic carbocycles. The van der Waals surface area contributed by atoms with Gasteiger partial charge in [-0.2, -0.15) is 0 Å². The lowest BCUT2D eigenvalue weighted by atomic mass is 10.0. The Morgan fingerprint density at radius 3 is 2.71 bits per heavy atom. The normalized spacial score (nSPS) is 18.6. The molecule has 1 aliphatic heterocycles. The number of hydrogen-bond acceptors (Lipinski definition) is 4. The van der Waals surface area contributed by atoms with E-state index in [-0.39, 0.29) is 29.3 Å². The number of piperidine rings is 1. The highest BCUT2D eigenvalue weighted by Gasteiger charge is 2.21. The molecule has 118 valence electrons. The van der Waals surface area contributed by atoms with Crippen molar-refractivity contribution in [3.63, 3.8) is 0 Å². The van der Waals surface area contributed by atoms with Crippen LogP contribution in [0.25, 0.3) is 0 Å². The maximum atomic E-state index is 12.1. The standard InChI is InChI=1S/C13H19N3O3S.ClH/c1-14-20(18,19)11-6-4-5-10(9-11)16-13(17)12-7-2-3-8-15-12;/h4-6,9,12,14-15H,2-3,7-8H2,1H3,(H,16,17);1H. The number of amides is 1. The molecule has 0 aromatic heterocycles. The fourth-order valence-electron chi connectivity index (χ4n) is 2.16. The first-order chi connectivity index (χ1) is 9.53. The number of anilines is 1. The van der Waals surface area contributed by atoms with E-state index in [1.165, 1.54) is 19.2 Å². The van der Waals surface area contributed by atoms with E-state index in [0.29, 0.717) is 5.69 Å². The molecule has 1 aliphatic rings. The zero-order chi connectivity index (χ0) is 14.6. The van der Waals surface area contributed by atoms with E-state index in [1.807, 2.05) is 0 Å². The Labute approximate surface area is 131 Å². The fourth-order valence-corrected chi connectivity index (χ4v) is 2.94. The number of carbonyl (C=O) groups is 1. The minimum Gasteiger partial charge on any atom is -0.325 e. The third-order valence-electron chi connectivity index (χ3n) is 3.31. The molecule has 1 fully saturated rings. The lowest BCUT2D eigenvalue weighted by Gasteiger charge is -2.22. The molecule has 2 rings (SSSR count). The number of rotatable bonds is 4. The number of benzene rings is 1. The average Bonchev–Trinajstić information content (AvgIpc) is 2.48. The molecule has 1 saturated heterocycles. The summed E-state index contributed by atoms with van der Waals surface area (Å²) in [5.41, 5.74) is 0.485. The molecular weight excluding hydrogens is 314 g/mol. The second-order valence-corrected chi connectivity index (χ2v) is 6.61. The van der Waals surface area contributed by atoms with Crippen LogP contribution in [0.5, 0.6) is 0 Å². The predicted octanol–water partition coefficient (Wildman–Crippen LogP) is 1.10. The van der Waals surface area contributed by atoms with Crippen LogP contribution >= 0.6 is 12.4 Å². The van der Waals surface area contributed by atoms with Gasteiger partial charge in [-0.1, -0.05) is 12.5 Å². The highest BCUT2D eigenvalue weighted by atomic mass is 35.5. The molecule has 1 atom stereocenters. The maximum absolute atomic E-state index is 12.1. The van der Waals surface area contributed by atoms with Gasteiger partial charge >= 0.3 is 0 Å². The number of carbonyl (C=O) groups excluding carboxylic acids is 1. The molecule has 1 unspecified atom stereocenters. The smallest absolute Gasteiger partial charge is 0.241 e. The lowest BCUT2D eigenvalue weighted by molar-refractivity contribution is -0.118. The van der Waals surface area contributed by atoms with Gasteiger partial charge in [-0.15, -0.1) is 12.4 Å². The van der Waals surface area contributed by atoms with Crippen LogP contribution in [0.4, 0.5) is 5.69 Å². The SMILES string of the molecule is CNS(=O)(=O)c1cccc(NC(=O)C2CCCCN2)c1.Cl. The first kappa shape index (κ1) is 17.9. The van der Waals surface area contributed by atoms with Gasteiger partial charge in [0.1, 0.15) is 0 Å². The highest BCUT2D eigenvalue weighted by molar-refractivity contribution is 7.89. The fraction of sp³-hybridized carbons (Fsp3) is 0.462. The topological polar surface area (TPSA) is 87.3 Å². The van der Waals surface area contributed by atoms with Gasteiger partial charge in [0, 0.05) is 5.69 Å². The van der Waals surface area contributed by atoms with Crippen LogP contribution in [0.1, 0.15) is 19.3 Å². The van der Waals surface area contributed by atoms with E-state index in [0.717, 1.165) is 25.8 Å². The monoisotopic (exact) mass is 333 g/mol. The van der Waals surface area contributed by atoms with Crippen molar-refractivity contribution in [1.29, 1.82) is 0 Å². The zero-order valence-electron chi connectivity index (χ0n) is 11.8. The minimum absolute atomic E-state index is 0. The molecule has 8 heteroatoms. The number of hydrogen-bond donors (Lipinski definition) is 3. The maximum Gasteiger partial charge on any atom is 0.241 e. The van der Waals surface area contributed by atoms with Crippen LogP contribution < -0.4 is 15.4 Å². The van der Waals surface area contributed by atoms with Gasteiger partial charge < -0.3 is 10.6 Å². The minimum atomic E-state index is -3.50. The summed E-state index contributed by atoms with van der Waals surface area (Å²) in [6, 6.07) is 6.02. The Kier molecular flexibility index (Phi) is 6.60.